The Labute approximate surface area is 155 Å². The van der Waals surface area contributed by atoms with E-state index in [0.717, 1.165) is 0 Å². The first-order valence-corrected chi connectivity index (χ1v) is 9.36. The molecule has 0 spiro atoms. The monoisotopic (exact) mass is 384 g/mol. The molecule has 0 unspecified atom stereocenters. The molecule has 0 bridgehead atoms. The molecule has 1 aliphatic heterocycles. The Bertz CT molecular complexity index is 1090. The zero-order chi connectivity index (χ0) is 19.8. The van der Waals surface area contributed by atoms with Gasteiger partial charge in [-0.3, -0.25) is 9.59 Å². The SMILES string of the molecule is CC1=NN(c2ccc(S(N)(=O)=O)cc2)C(=O)/C1=C/c1ccc(C(N)=O)cc1. The van der Waals surface area contributed by atoms with Crippen molar-refractivity contribution < 1.29 is 18.0 Å². The van der Waals surface area contributed by atoms with E-state index in [1.807, 2.05) is 0 Å². The fourth-order valence-electron chi connectivity index (χ4n) is 2.55. The minimum atomic E-state index is -3.81. The maximum Gasteiger partial charge on any atom is 0.280 e. The van der Waals surface area contributed by atoms with Crippen LogP contribution in [0, 0.1) is 0 Å². The highest BCUT2D eigenvalue weighted by atomic mass is 32.2. The molecule has 1 aliphatic rings. The van der Waals surface area contributed by atoms with Crippen molar-refractivity contribution in [3.63, 3.8) is 0 Å². The standard InChI is InChI=1S/C18H16N4O4S/c1-11-16(10-12-2-4-13(5-3-12)17(19)23)18(24)22(21-11)14-6-8-15(9-7-14)27(20,25)26/h2-10H,1H3,(H2,19,23)(H2,20,25,26)/b16-10+. The minimum Gasteiger partial charge on any atom is -0.366 e. The highest BCUT2D eigenvalue weighted by Crippen LogP contribution is 2.26. The van der Waals surface area contributed by atoms with Gasteiger partial charge in [0, 0.05) is 5.56 Å². The van der Waals surface area contributed by atoms with Crippen molar-refractivity contribution in [3.05, 3.63) is 65.2 Å². The van der Waals surface area contributed by atoms with Gasteiger partial charge in [0.1, 0.15) is 0 Å². The average Bonchev–Trinajstić information content (AvgIpc) is 2.90. The second-order valence-corrected chi connectivity index (χ2v) is 7.45. The Hall–Kier alpha value is -3.30. The molecule has 9 heteroatoms. The van der Waals surface area contributed by atoms with E-state index in [9.17, 15) is 18.0 Å². The third-order valence-corrected chi connectivity index (χ3v) is 4.91. The van der Waals surface area contributed by atoms with Gasteiger partial charge in [-0.2, -0.15) is 10.1 Å². The zero-order valence-corrected chi connectivity index (χ0v) is 15.1. The van der Waals surface area contributed by atoms with Crippen LogP contribution in [0.25, 0.3) is 6.08 Å². The predicted molar refractivity (Wildman–Crippen MR) is 101 cm³/mol. The Morgan fingerprint density at radius 2 is 1.67 bits per heavy atom. The van der Waals surface area contributed by atoms with Crippen LogP contribution < -0.4 is 15.9 Å². The first-order valence-electron chi connectivity index (χ1n) is 7.81. The van der Waals surface area contributed by atoms with Crippen LogP contribution in [-0.4, -0.2) is 25.9 Å². The molecule has 1 heterocycles. The number of benzene rings is 2. The van der Waals surface area contributed by atoms with Crippen molar-refractivity contribution in [3.8, 4) is 0 Å². The lowest BCUT2D eigenvalue weighted by Crippen LogP contribution is -2.21. The number of sulfonamides is 1. The first kappa shape index (κ1) is 18.5. The number of amides is 2. The van der Waals surface area contributed by atoms with Crippen molar-refractivity contribution >= 4 is 39.3 Å². The van der Waals surface area contributed by atoms with E-state index < -0.39 is 15.9 Å². The molecule has 0 atom stereocenters. The summed E-state index contributed by atoms with van der Waals surface area (Å²) in [5.74, 6) is -0.882. The number of nitrogens with zero attached hydrogens (tertiary/aromatic N) is 2. The molecule has 138 valence electrons. The number of primary amides is 1. The fourth-order valence-corrected chi connectivity index (χ4v) is 3.06. The number of nitrogens with two attached hydrogens (primary N) is 2. The smallest absolute Gasteiger partial charge is 0.280 e. The van der Waals surface area contributed by atoms with Gasteiger partial charge in [-0.05, 0) is 55.0 Å². The lowest BCUT2D eigenvalue weighted by molar-refractivity contribution is -0.114. The normalized spacial score (nSPS) is 15.9. The van der Waals surface area contributed by atoms with Gasteiger partial charge in [-0.15, -0.1) is 0 Å². The Morgan fingerprint density at radius 3 is 2.19 bits per heavy atom. The van der Waals surface area contributed by atoms with Crippen molar-refractivity contribution in [2.45, 2.75) is 11.8 Å². The van der Waals surface area contributed by atoms with Gasteiger partial charge in [-0.1, -0.05) is 12.1 Å². The van der Waals surface area contributed by atoms with Crippen LogP contribution in [0.3, 0.4) is 0 Å². The van der Waals surface area contributed by atoms with E-state index in [1.54, 1.807) is 37.3 Å². The number of rotatable bonds is 4. The van der Waals surface area contributed by atoms with Crippen LogP contribution in [-0.2, 0) is 14.8 Å². The first-order chi connectivity index (χ1) is 12.7. The van der Waals surface area contributed by atoms with Gasteiger partial charge in [0.15, 0.2) is 0 Å². The highest BCUT2D eigenvalue weighted by Gasteiger charge is 2.28. The molecule has 0 saturated carbocycles. The van der Waals surface area contributed by atoms with Crippen molar-refractivity contribution in [2.24, 2.45) is 16.0 Å². The third-order valence-electron chi connectivity index (χ3n) is 3.98. The number of carbonyl (C=O) groups excluding carboxylic acids is 2. The molecule has 3 rings (SSSR count). The van der Waals surface area contributed by atoms with Crippen molar-refractivity contribution in [1.82, 2.24) is 0 Å². The summed E-state index contributed by atoms with van der Waals surface area (Å²) in [7, 11) is -3.81. The maximum atomic E-state index is 12.7. The van der Waals surface area contributed by atoms with E-state index in [2.05, 4.69) is 5.10 Å². The summed E-state index contributed by atoms with van der Waals surface area (Å²) in [5.41, 5.74) is 7.61. The molecule has 0 saturated heterocycles. The van der Waals surface area contributed by atoms with Crippen LogP contribution in [0.5, 0.6) is 0 Å². The van der Waals surface area contributed by atoms with Gasteiger partial charge in [0.25, 0.3) is 5.91 Å². The minimum absolute atomic E-state index is 0.0519. The third kappa shape index (κ3) is 3.78. The molecular formula is C18H16N4O4S. The molecule has 8 nitrogen and oxygen atoms in total. The summed E-state index contributed by atoms with van der Waals surface area (Å²) in [6, 6.07) is 12.0. The molecule has 0 aromatic heterocycles. The quantitative estimate of drug-likeness (QED) is 0.766. The maximum absolute atomic E-state index is 12.7. The summed E-state index contributed by atoms with van der Waals surface area (Å²) in [6.07, 6.45) is 1.66. The van der Waals surface area contributed by atoms with Gasteiger partial charge < -0.3 is 5.73 Å². The molecule has 2 aromatic carbocycles. The Balaban J connectivity index is 1.88. The number of carbonyl (C=O) groups is 2. The molecule has 27 heavy (non-hydrogen) atoms. The average molecular weight is 384 g/mol. The number of hydrogen-bond donors (Lipinski definition) is 2. The number of primary sulfonamides is 1. The summed E-state index contributed by atoms with van der Waals surface area (Å²) in [4.78, 5) is 23.8. The van der Waals surface area contributed by atoms with Gasteiger partial charge in [0.05, 0.1) is 21.9 Å². The summed E-state index contributed by atoms with van der Waals surface area (Å²) < 4.78 is 22.7. The molecule has 2 amide bonds. The van der Waals surface area contributed by atoms with Crippen molar-refractivity contribution in [2.75, 3.05) is 5.01 Å². The van der Waals surface area contributed by atoms with E-state index in [4.69, 9.17) is 10.9 Å². The lowest BCUT2D eigenvalue weighted by atomic mass is 10.1. The second kappa shape index (κ2) is 6.78. The molecule has 0 radical (unpaired) electrons. The zero-order valence-electron chi connectivity index (χ0n) is 14.3. The van der Waals surface area contributed by atoms with Gasteiger partial charge in [0.2, 0.25) is 15.9 Å². The molecule has 2 aromatic rings. The van der Waals surface area contributed by atoms with Gasteiger partial charge >= 0.3 is 0 Å². The largest absolute Gasteiger partial charge is 0.366 e. The molecular weight excluding hydrogens is 368 g/mol. The number of hydrogen-bond acceptors (Lipinski definition) is 5. The highest BCUT2D eigenvalue weighted by molar-refractivity contribution is 7.89. The topological polar surface area (TPSA) is 136 Å². The van der Waals surface area contributed by atoms with E-state index in [0.29, 0.717) is 28.1 Å². The molecule has 0 fully saturated rings. The Morgan fingerprint density at radius 1 is 1.07 bits per heavy atom. The van der Waals surface area contributed by atoms with E-state index in [1.165, 1.54) is 29.3 Å². The fraction of sp³-hybridized carbons (Fsp3) is 0.0556. The van der Waals surface area contributed by atoms with Gasteiger partial charge in [-0.25, -0.2) is 13.6 Å². The number of hydrazone groups is 1. The number of anilines is 1. The van der Waals surface area contributed by atoms with E-state index >= 15 is 0 Å². The summed E-state index contributed by atoms with van der Waals surface area (Å²) in [5, 5.41) is 10.5. The van der Waals surface area contributed by atoms with Crippen LogP contribution in [0.1, 0.15) is 22.8 Å². The van der Waals surface area contributed by atoms with Crippen molar-refractivity contribution in [1.29, 1.82) is 0 Å². The molecule has 4 N–H and O–H groups in total. The lowest BCUT2D eigenvalue weighted by Gasteiger charge is -2.12. The second-order valence-electron chi connectivity index (χ2n) is 5.89. The van der Waals surface area contributed by atoms with Crippen LogP contribution in [0.4, 0.5) is 5.69 Å². The van der Waals surface area contributed by atoms with Crippen LogP contribution in [0.15, 0.2) is 64.1 Å². The summed E-state index contributed by atoms with van der Waals surface area (Å²) in [6.45, 7) is 1.69. The molecule has 0 aliphatic carbocycles. The predicted octanol–water partition coefficient (Wildman–Crippen LogP) is 1.24. The van der Waals surface area contributed by atoms with Crippen LogP contribution in [0.2, 0.25) is 0 Å². The van der Waals surface area contributed by atoms with E-state index in [-0.39, 0.29) is 10.8 Å². The summed E-state index contributed by atoms with van der Waals surface area (Å²) >= 11 is 0. The van der Waals surface area contributed by atoms with Crippen LogP contribution >= 0.6 is 0 Å². The Kier molecular flexibility index (Phi) is 4.64.